The molecule has 0 aromatic heterocycles. The van der Waals surface area contributed by atoms with Crippen LogP contribution in [0.3, 0.4) is 0 Å². The van der Waals surface area contributed by atoms with Gasteiger partial charge in [-0.1, -0.05) is 131 Å². The highest BCUT2D eigenvalue weighted by Crippen LogP contribution is 2.43. The van der Waals surface area contributed by atoms with Gasteiger partial charge in [-0.15, -0.1) is 0 Å². The summed E-state index contributed by atoms with van der Waals surface area (Å²) in [6, 6.07) is 2.29. The van der Waals surface area contributed by atoms with Gasteiger partial charge in [-0.05, 0) is 125 Å². The van der Waals surface area contributed by atoms with E-state index in [4.69, 9.17) is 14.2 Å². The van der Waals surface area contributed by atoms with Crippen molar-refractivity contribution in [2.75, 3.05) is 7.11 Å². The van der Waals surface area contributed by atoms with E-state index in [0.29, 0.717) is 6.42 Å². The van der Waals surface area contributed by atoms with Crippen LogP contribution in [0.4, 0.5) is 0 Å². The van der Waals surface area contributed by atoms with E-state index < -0.39 is 0 Å². The molecule has 1 aliphatic heterocycles. The summed E-state index contributed by atoms with van der Waals surface area (Å²) in [5.74, 6) is 4.54. The maximum atomic E-state index is 11.4. The number of fused-ring (bicyclic) bond motifs is 1. The van der Waals surface area contributed by atoms with Gasteiger partial charge in [0.05, 0.1) is 7.11 Å². The van der Waals surface area contributed by atoms with Gasteiger partial charge in [-0.2, -0.15) is 0 Å². The molecule has 0 N–H and O–H groups in total. The zero-order valence-corrected chi connectivity index (χ0v) is 35.1. The summed E-state index contributed by atoms with van der Waals surface area (Å²) in [4.78, 5) is 11.4. The quantitative estimate of drug-likeness (QED) is 0.0472. The van der Waals surface area contributed by atoms with Gasteiger partial charge in [0.2, 0.25) is 0 Å². The largest absolute Gasteiger partial charge is 0.487 e. The average molecular weight is 711 g/mol. The van der Waals surface area contributed by atoms with Crippen molar-refractivity contribution < 1.29 is 19.0 Å². The minimum absolute atomic E-state index is 0.0803. The molecule has 1 heterocycles. The standard InChI is InChI=1S/C47H82O4/c1-10-11-12-13-14-16-19-30-43(31-20-17-15-18-21-32-45(48)49-9)50-44-36-42-33-35-47(8,51-46(42)41(7)40(44)6)34-24-29-39(5)28-23-27-38(4)26-22-25-37(2)3/h19,30,36-39,43H,10-18,20-29,31-35H2,1-9H3/b30-19-. The van der Waals surface area contributed by atoms with Gasteiger partial charge in [0.25, 0.3) is 0 Å². The van der Waals surface area contributed by atoms with Gasteiger partial charge >= 0.3 is 5.97 Å². The van der Waals surface area contributed by atoms with Crippen molar-refractivity contribution in [3.05, 3.63) is 34.9 Å². The zero-order valence-electron chi connectivity index (χ0n) is 35.1. The van der Waals surface area contributed by atoms with Crippen molar-refractivity contribution in [3.8, 4) is 11.5 Å². The second kappa shape index (κ2) is 25.9. The molecule has 4 heteroatoms. The number of hydrogen-bond acceptors (Lipinski definition) is 4. The van der Waals surface area contributed by atoms with Gasteiger partial charge in [0.15, 0.2) is 0 Å². The molecule has 4 nitrogen and oxygen atoms in total. The molecular weight excluding hydrogens is 629 g/mol. The van der Waals surface area contributed by atoms with E-state index in [1.165, 1.54) is 107 Å². The molecule has 0 saturated carbocycles. The van der Waals surface area contributed by atoms with Crippen molar-refractivity contribution in [2.24, 2.45) is 17.8 Å². The predicted molar refractivity (Wildman–Crippen MR) is 219 cm³/mol. The van der Waals surface area contributed by atoms with Crippen molar-refractivity contribution in [1.29, 1.82) is 0 Å². The number of allylic oxidation sites excluding steroid dienone is 1. The molecule has 51 heavy (non-hydrogen) atoms. The van der Waals surface area contributed by atoms with E-state index in [2.05, 4.69) is 73.6 Å². The van der Waals surface area contributed by atoms with Crippen LogP contribution in [0.1, 0.15) is 206 Å². The molecule has 0 radical (unpaired) electrons. The Kier molecular flexibility index (Phi) is 23.0. The van der Waals surface area contributed by atoms with Crippen LogP contribution in [-0.2, 0) is 16.0 Å². The van der Waals surface area contributed by atoms with E-state index in [1.54, 1.807) is 0 Å². The Labute approximate surface area is 316 Å². The highest BCUT2D eigenvalue weighted by molar-refractivity contribution is 5.68. The van der Waals surface area contributed by atoms with Crippen LogP contribution in [0, 0.1) is 31.6 Å². The molecule has 1 aliphatic rings. The Balaban J connectivity index is 1.91. The monoisotopic (exact) mass is 711 g/mol. The molecule has 0 saturated heterocycles. The maximum Gasteiger partial charge on any atom is 0.305 e. The van der Waals surface area contributed by atoms with Crippen molar-refractivity contribution in [2.45, 2.75) is 221 Å². The van der Waals surface area contributed by atoms with Crippen LogP contribution in [0.2, 0.25) is 0 Å². The molecule has 0 amide bonds. The average Bonchev–Trinajstić information content (AvgIpc) is 3.09. The Morgan fingerprint density at radius 1 is 0.804 bits per heavy atom. The second-order valence-electron chi connectivity index (χ2n) is 17.2. The fourth-order valence-electron chi connectivity index (χ4n) is 7.77. The van der Waals surface area contributed by atoms with E-state index >= 15 is 0 Å². The summed E-state index contributed by atoms with van der Waals surface area (Å²) in [6.07, 6.45) is 33.5. The molecular formula is C47H82O4. The zero-order chi connectivity index (χ0) is 37.5. The lowest BCUT2D eigenvalue weighted by Crippen LogP contribution is -2.37. The first kappa shape index (κ1) is 45.2. The topological polar surface area (TPSA) is 44.8 Å². The lowest BCUT2D eigenvalue weighted by atomic mass is 9.85. The molecule has 0 spiro atoms. The number of ether oxygens (including phenoxy) is 3. The van der Waals surface area contributed by atoms with Crippen molar-refractivity contribution in [1.82, 2.24) is 0 Å². The Morgan fingerprint density at radius 2 is 1.43 bits per heavy atom. The van der Waals surface area contributed by atoms with Crippen molar-refractivity contribution >= 4 is 5.97 Å². The first-order chi connectivity index (χ1) is 24.5. The number of benzene rings is 1. The normalized spacial score (nSPS) is 17.7. The maximum absolute atomic E-state index is 11.4. The number of carbonyl (C=O) groups excluding carboxylic acids is 1. The highest BCUT2D eigenvalue weighted by atomic mass is 16.5. The van der Waals surface area contributed by atoms with Crippen molar-refractivity contribution in [3.63, 3.8) is 0 Å². The molecule has 4 atom stereocenters. The number of carbonyl (C=O) groups is 1. The minimum Gasteiger partial charge on any atom is -0.487 e. The minimum atomic E-state index is -0.0995. The molecule has 0 bridgehead atoms. The van der Waals surface area contributed by atoms with Crippen LogP contribution in [0.25, 0.3) is 0 Å². The third-order valence-electron chi connectivity index (χ3n) is 11.6. The molecule has 4 unspecified atom stereocenters. The van der Waals surface area contributed by atoms with Crippen LogP contribution in [0.5, 0.6) is 11.5 Å². The number of methoxy groups -OCH3 is 1. The third-order valence-corrected chi connectivity index (χ3v) is 11.6. The fraction of sp³-hybridized carbons (Fsp3) is 0.809. The summed E-state index contributed by atoms with van der Waals surface area (Å²) in [6.45, 7) is 18.7. The summed E-state index contributed by atoms with van der Waals surface area (Å²) in [5.41, 5.74) is 3.68. The summed E-state index contributed by atoms with van der Waals surface area (Å²) < 4.78 is 18.5. The first-order valence-electron chi connectivity index (χ1n) is 21.7. The lowest BCUT2D eigenvalue weighted by molar-refractivity contribution is -0.140. The van der Waals surface area contributed by atoms with Gasteiger partial charge < -0.3 is 14.2 Å². The van der Waals surface area contributed by atoms with Crippen LogP contribution in [0.15, 0.2) is 18.2 Å². The van der Waals surface area contributed by atoms with E-state index in [1.807, 2.05) is 0 Å². The first-order valence-corrected chi connectivity index (χ1v) is 21.7. The van der Waals surface area contributed by atoms with Gasteiger partial charge in [0, 0.05) is 6.42 Å². The van der Waals surface area contributed by atoms with Gasteiger partial charge in [0.1, 0.15) is 23.2 Å². The highest BCUT2D eigenvalue weighted by Gasteiger charge is 2.33. The summed E-state index contributed by atoms with van der Waals surface area (Å²) in [5, 5.41) is 0. The molecule has 294 valence electrons. The SMILES string of the molecule is CCCCCCC/C=C\C(CCCCCCCC(=O)OC)Oc1cc2c(c(C)c1C)OC(C)(CCCC(C)CCCC(C)CCCC(C)C)CC2. The number of aryl methyl sites for hydroxylation is 1. The second-order valence-corrected chi connectivity index (χ2v) is 17.2. The smallest absolute Gasteiger partial charge is 0.305 e. The molecule has 0 fully saturated rings. The fourth-order valence-corrected chi connectivity index (χ4v) is 7.77. The molecule has 2 rings (SSSR count). The van der Waals surface area contributed by atoms with E-state index in [-0.39, 0.29) is 17.7 Å². The van der Waals surface area contributed by atoms with Crippen LogP contribution in [-0.4, -0.2) is 24.8 Å². The lowest BCUT2D eigenvalue weighted by Gasteiger charge is -2.38. The van der Waals surface area contributed by atoms with E-state index in [0.717, 1.165) is 93.5 Å². The number of unbranched alkanes of at least 4 members (excludes halogenated alkanes) is 9. The summed E-state index contributed by atoms with van der Waals surface area (Å²) in [7, 11) is 1.47. The molecule has 0 aliphatic carbocycles. The third kappa shape index (κ3) is 19.1. The van der Waals surface area contributed by atoms with Gasteiger partial charge in [-0.3, -0.25) is 4.79 Å². The summed E-state index contributed by atoms with van der Waals surface area (Å²) >= 11 is 0. The van der Waals surface area contributed by atoms with Gasteiger partial charge in [-0.25, -0.2) is 0 Å². The predicted octanol–water partition coefficient (Wildman–Crippen LogP) is 14.4. The molecule has 1 aromatic rings. The Hall–Kier alpha value is -1.97. The number of rotatable bonds is 29. The Bertz CT molecular complexity index is 1110. The van der Waals surface area contributed by atoms with Crippen LogP contribution >= 0.6 is 0 Å². The van der Waals surface area contributed by atoms with E-state index in [9.17, 15) is 4.79 Å². The molecule has 1 aromatic carbocycles. The number of hydrogen-bond donors (Lipinski definition) is 0. The van der Waals surface area contributed by atoms with Crippen LogP contribution < -0.4 is 9.47 Å². The Morgan fingerprint density at radius 3 is 2.12 bits per heavy atom. The number of esters is 1.